The summed E-state index contributed by atoms with van der Waals surface area (Å²) in [5, 5.41) is 4.96. The first-order valence-electron chi connectivity index (χ1n) is 6.29. The fraction of sp³-hybridized carbons (Fsp3) is 0.385. The predicted octanol–water partition coefficient (Wildman–Crippen LogP) is 1.14. The van der Waals surface area contributed by atoms with Gasteiger partial charge in [0.05, 0.1) is 11.1 Å². The number of hydrogen-bond donors (Lipinski definition) is 3. The van der Waals surface area contributed by atoms with E-state index in [0.29, 0.717) is 29.1 Å². The van der Waals surface area contributed by atoms with Gasteiger partial charge in [0.15, 0.2) is 18.1 Å². The third-order valence-electron chi connectivity index (χ3n) is 2.36. The minimum atomic E-state index is -0.919. The number of urea groups is 1. The van der Waals surface area contributed by atoms with Crippen LogP contribution in [0, 0.1) is 0 Å². The molecule has 0 fully saturated rings. The standard InChI is InChI=1S/C13H18BrN3O4/c1-3-20-10-5-8(6-16-2)4-9(14)12(10)21-7-11(18)17-13(15)19/h4-5,16H,3,6-7H2,1-2H3,(H3,15,17,18,19). The third-order valence-corrected chi connectivity index (χ3v) is 2.95. The number of amides is 3. The molecule has 0 aliphatic heterocycles. The molecule has 0 aliphatic carbocycles. The van der Waals surface area contributed by atoms with Crippen LogP contribution in [0.2, 0.25) is 0 Å². The van der Waals surface area contributed by atoms with Crippen molar-refractivity contribution in [3.05, 3.63) is 22.2 Å². The largest absolute Gasteiger partial charge is 0.490 e. The normalized spacial score (nSPS) is 10.0. The SMILES string of the molecule is CCOc1cc(CNC)cc(Br)c1OCC(=O)NC(N)=O. The molecule has 0 heterocycles. The fourth-order valence-electron chi connectivity index (χ4n) is 1.64. The van der Waals surface area contributed by atoms with Crippen LogP contribution in [0.3, 0.4) is 0 Å². The van der Waals surface area contributed by atoms with Gasteiger partial charge in [-0.15, -0.1) is 0 Å². The number of hydrogen-bond acceptors (Lipinski definition) is 5. The van der Waals surface area contributed by atoms with Gasteiger partial charge in [0, 0.05) is 6.54 Å². The average molecular weight is 360 g/mol. The second-order valence-electron chi connectivity index (χ2n) is 4.07. The Morgan fingerprint density at radius 1 is 1.33 bits per heavy atom. The molecule has 0 aliphatic rings. The molecular formula is C13H18BrN3O4. The van der Waals surface area contributed by atoms with Gasteiger partial charge in [-0.3, -0.25) is 10.1 Å². The summed E-state index contributed by atoms with van der Waals surface area (Å²) >= 11 is 3.38. The van der Waals surface area contributed by atoms with Gasteiger partial charge in [-0.05, 0) is 47.6 Å². The van der Waals surface area contributed by atoms with E-state index in [1.54, 1.807) is 0 Å². The van der Waals surface area contributed by atoms with E-state index in [0.717, 1.165) is 5.56 Å². The summed E-state index contributed by atoms with van der Waals surface area (Å²) < 4.78 is 11.6. The summed E-state index contributed by atoms with van der Waals surface area (Å²) in [6, 6.07) is 2.77. The van der Waals surface area contributed by atoms with Crippen molar-refractivity contribution in [2.75, 3.05) is 20.3 Å². The van der Waals surface area contributed by atoms with Crippen LogP contribution in [0.15, 0.2) is 16.6 Å². The molecule has 0 unspecified atom stereocenters. The maximum absolute atomic E-state index is 11.4. The van der Waals surface area contributed by atoms with Crippen molar-refractivity contribution in [1.29, 1.82) is 0 Å². The van der Waals surface area contributed by atoms with E-state index in [4.69, 9.17) is 15.2 Å². The van der Waals surface area contributed by atoms with Gasteiger partial charge in [0.2, 0.25) is 0 Å². The maximum atomic E-state index is 11.4. The fourth-order valence-corrected chi connectivity index (χ4v) is 2.25. The van der Waals surface area contributed by atoms with Gasteiger partial charge in [0.25, 0.3) is 5.91 Å². The quantitative estimate of drug-likeness (QED) is 0.677. The highest BCUT2D eigenvalue weighted by molar-refractivity contribution is 9.10. The summed E-state index contributed by atoms with van der Waals surface area (Å²) in [7, 11) is 1.84. The van der Waals surface area contributed by atoms with E-state index in [9.17, 15) is 9.59 Å². The van der Waals surface area contributed by atoms with Crippen molar-refractivity contribution in [2.45, 2.75) is 13.5 Å². The van der Waals surface area contributed by atoms with E-state index in [2.05, 4.69) is 21.2 Å². The number of primary amides is 1. The Labute approximate surface area is 131 Å². The van der Waals surface area contributed by atoms with Crippen LogP contribution in [0.1, 0.15) is 12.5 Å². The van der Waals surface area contributed by atoms with E-state index >= 15 is 0 Å². The highest BCUT2D eigenvalue weighted by Crippen LogP contribution is 2.36. The molecule has 21 heavy (non-hydrogen) atoms. The third kappa shape index (κ3) is 5.60. The Balaban J connectivity index is 2.88. The summed E-state index contributed by atoms with van der Waals surface area (Å²) in [5.74, 6) is 0.288. The minimum absolute atomic E-state index is 0.340. The number of rotatable bonds is 7. The molecule has 4 N–H and O–H groups in total. The summed E-state index contributed by atoms with van der Waals surface area (Å²) in [4.78, 5) is 21.9. The summed E-state index contributed by atoms with van der Waals surface area (Å²) in [6.07, 6.45) is 0. The molecule has 1 aromatic rings. The van der Waals surface area contributed by atoms with Gasteiger partial charge in [-0.2, -0.15) is 0 Å². The van der Waals surface area contributed by atoms with Crippen LogP contribution in [0.25, 0.3) is 0 Å². The molecule has 0 radical (unpaired) electrons. The zero-order valence-electron chi connectivity index (χ0n) is 11.9. The smallest absolute Gasteiger partial charge is 0.318 e. The zero-order valence-corrected chi connectivity index (χ0v) is 13.5. The van der Waals surface area contributed by atoms with Crippen molar-refractivity contribution in [2.24, 2.45) is 5.73 Å². The van der Waals surface area contributed by atoms with Crippen LogP contribution in [-0.2, 0) is 11.3 Å². The van der Waals surface area contributed by atoms with Crippen LogP contribution >= 0.6 is 15.9 Å². The molecule has 0 spiro atoms. The monoisotopic (exact) mass is 359 g/mol. The van der Waals surface area contributed by atoms with E-state index < -0.39 is 11.9 Å². The number of carbonyl (C=O) groups is 2. The molecule has 7 nitrogen and oxygen atoms in total. The van der Waals surface area contributed by atoms with Gasteiger partial charge in [-0.1, -0.05) is 0 Å². The molecular weight excluding hydrogens is 342 g/mol. The highest BCUT2D eigenvalue weighted by Gasteiger charge is 2.14. The molecule has 3 amide bonds. The average Bonchev–Trinajstić information content (AvgIpc) is 2.37. The van der Waals surface area contributed by atoms with Gasteiger partial charge in [0.1, 0.15) is 0 Å². The number of halogens is 1. The number of benzene rings is 1. The number of carbonyl (C=O) groups excluding carboxylic acids is 2. The van der Waals surface area contributed by atoms with Gasteiger partial charge < -0.3 is 20.5 Å². The number of imide groups is 1. The van der Waals surface area contributed by atoms with Crippen molar-refractivity contribution in [1.82, 2.24) is 10.6 Å². The number of nitrogens with one attached hydrogen (secondary N) is 2. The molecule has 0 atom stereocenters. The summed E-state index contributed by atoms with van der Waals surface area (Å²) in [6.45, 7) is 2.63. The lowest BCUT2D eigenvalue weighted by Gasteiger charge is -2.15. The first kappa shape index (κ1) is 17.3. The second kappa shape index (κ2) is 8.48. The summed E-state index contributed by atoms with van der Waals surface area (Å²) in [5.41, 5.74) is 5.86. The van der Waals surface area contributed by atoms with Crippen LogP contribution in [0.4, 0.5) is 4.79 Å². The Kier molecular flexibility index (Phi) is 6.97. The lowest BCUT2D eigenvalue weighted by atomic mass is 10.2. The lowest BCUT2D eigenvalue weighted by molar-refractivity contribution is -0.121. The maximum Gasteiger partial charge on any atom is 0.318 e. The van der Waals surface area contributed by atoms with Crippen LogP contribution in [-0.4, -0.2) is 32.2 Å². The van der Waals surface area contributed by atoms with Gasteiger partial charge in [-0.25, -0.2) is 4.79 Å². The molecule has 8 heteroatoms. The first-order valence-corrected chi connectivity index (χ1v) is 7.09. The van der Waals surface area contributed by atoms with Crippen molar-refractivity contribution in [3.8, 4) is 11.5 Å². The molecule has 0 aromatic heterocycles. The van der Waals surface area contributed by atoms with E-state index in [-0.39, 0.29) is 6.61 Å². The number of ether oxygens (including phenoxy) is 2. The Bertz CT molecular complexity index is 522. The van der Waals surface area contributed by atoms with E-state index in [1.165, 1.54) is 0 Å². The molecule has 116 valence electrons. The Morgan fingerprint density at radius 3 is 2.62 bits per heavy atom. The van der Waals surface area contributed by atoms with Crippen molar-refractivity contribution < 1.29 is 19.1 Å². The molecule has 1 aromatic carbocycles. The molecule has 0 saturated carbocycles. The zero-order chi connectivity index (χ0) is 15.8. The predicted molar refractivity (Wildman–Crippen MR) is 81.3 cm³/mol. The number of nitrogens with two attached hydrogens (primary N) is 1. The Morgan fingerprint density at radius 2 is 2.05 bits per heavy atom. The highest BCUT2D eigenvalue weighted by atomic mass is 79.9. The topological polar surface area (TPSA) is 103 Å². The lowest BCUT2D eigenvalue weighted by Crippen LogP contribution is -2.38. The van der Waals surface area contributed by atoms with Gasteiger partial charge >= 0.3 is 6.03 Å². The van der Waals surface area contributed by atoms with Crippen LogP contribution < -0.4 is 25.8 Å². The Hall–Kier alpha value is -1.80. The minimum Gasteiger partial charge on any atom is -0.490 e. The van der Waals surface area contributed by atoms with Crippen molar-refractivity contribution in [3.63, 3.8) is 0 Å². The molecule has 1 rings (SSSR count). The first-order chi connectivity index (χ1) is 9.97. The molecule has 0 saturated heterocycles. The van der Waals surface area contributed by atoms with Crippen molar-refractivity contribution >= 4 is 27.9 Å². The second-order valence-corrected chi connectivity index (χ2v) is 4.92. The van der Waals surface area contributed by atoms with E-state index in [1.807, 2.05) is 31.4 Å². The molecule has 0 bridgehead atoms. The van der Waals surface area contributed by atoms with Crippen LogP contribution in [0.5, 0.6) is 11.5 Å².